The van der Waals surface area contributed by atoms with Gasteiger partial charge in [-0.3, -0.25) is 4.79 Å². The van der Waals surface area contributed by atoms with Crippen LogP contribution in [0.4, 0.5) is 4.79 Å². The topological polar surface area (TPSA) is 97.9 Å². The van der Waals surface area contributed by atoms with Gasteiger partial charge in [0, 0.05) is 60.2 Å². The quantitative estimate of drug-likeness (QED) is 0.581. The SMILES string of the molecule is CCCNC(=O)N1CC2(CCN(C(=O)C3CCCCC3)CC2)c2c([nH]c3cc(OC)ccc23)[C@@H]1CO. The Hall–Kier alpha value is -2.74. The number of nitrogens with one attached hydrogen (secondary N) is 2. The molecule has 3 N–H and O–H groups in total. The van der Waals surface area contributed by atoms with E-state index in [0.29, 0.717) is 32.1 Å². The Bertz CT molecular complexity index is 1100. The van der Waals surface area contributed by atoms with E-state index in [2.05, 4.69) is 21.3 Å². The molecule has 2 aromatic rings. The molecule has 2 aliphatic heterocycles. The van der Waals surface area contributed by atoms with Crippen molar-refractivity contribution in [2.45, 2.75) is 69.7 Å². The van der Waals surface area contributed by atoms with Crippen molar-refractivity contribution >= 4 is 22.8 Å². The van der Waals surface area contributed by atoms with Crippen molar-refractivity contribution in [2.75, 3.05) is 39.9 Å². The first-order valence-electron chi connectivity index (χ1n) is 13.7. The van der Waals surface area contributed by atoms with Crippen LogP contribution in [-0.2, 0) is 10.2 Å². The number of carbonyl (C=O) groups excluding carboxylic acids is 2. The van der Waals surface area contributed by atoms with Crippen molar-refractivity contribution in [3.8, 4) is 5.75 Å². The molecule has 36 heavy (non-hydrogen) atoms. The molecule has 1 aromatic carbocycles. The van der Waals surface area contributed by atoms with Crippen molar-refractivity contribution in [3.05, 3.63) is 29.5 Å². The molecular weight excluding hydrogens is 456 g/mol. The molecule has 1 atom stereocenters. The lowest BCUT2D eigenvalue weighted by atomic mass is 9.68. The normalized spacial score (nSPS) is 22.0. The van der Waals surface area contributed by atoms with Crippen LogP contribution >= 0.6 is 0 Å². The Morgan fingerprint density at radius 3 is 2.61 bits per heavy atom. The molecule has 0 unspecified atom stereocenters. The first-order valence-corrected chi connectivity index (χ1v) is 13.7. The Kier molecular flexibility index (Phi) is 7.15. The van der Waals surface area contributed by atoms with E-state index in [1.165, 1.54) is 12.0 Å². The summed E-state index contributed by atoms with van der Waals surface area (Å²) in [6, 6.07) is 5.46. The van der Waals surface area contributed by atoms with E-state index in [1.807, 2.05) is 24.0 Å². The number of H-pyrrole nitrogens is 1. The fourth-order valence-electron chi connectivity index (χ4n) is 6.72. The summed E-state index contributed by atoms with van der Waals surface area (Å²) in [4.78, 5) is 34.0. The molecule has 0 bridgehead atoms. The number of aliphatic hydroxyl groups is 1. The first-order chi connectivity index (χ1) is 17.5. The summed E-state index contributed by atoms with van der Waals surface area (Å²) in [6.07, 6.45) is 8.02. The lowest BCUT2D eigenvalue weighted by Gasteiger charge is -2.50. The number of nitrogens with zero attached hydrogens (tertiary/aromatic N) is 2. The largest absolute Gasteiger partial charge is 0.497 e. The van der Waals surface area contributed by atoms with Gasteiger partial charge in [-0.2, -0.15) is 0 Å². The van der Waals surface area contributed by atoms with E-state index in [0.717, 1.165) is 67.3 Å². The minimum Gasteiger partial charge on any atom is -0.497 e. The minimum atomic E-state index is -0.442. The molecule has 1 aromatic heterocycles. The number of aliphatic hydroxyl groups excluding tert-OH is 1. The van der Waals surface area contributed by atoms with Gasteiger partial charge < -0.3 is 29.9 Å². The van der Waals surface area contributed by atoms with Crippen LogP contribution < -0.4 is 10.1 Å². The number of ether oxygens (including phenoxy) is 1. The van der Waals surface area contributed by atoms with Crippen LogP contribution in [0.5, 0.6) is 5.75 Å². The van der Waals surface area contributed by atoms with Gasteiger partial charge in [0.15, 0.2) is 0 Å². The van der Waals surface area contributed by atoms with Gasteiger partial charge in [0.2, 0.25) is 5.91 Å². The lowest BCUT2D eigenvalue weighted by Crippen LogP contribution is -2.58. The number of methoxy groups -OCH3 is 1. The number of likely N-dealkylation sites (tertiary alicyclic amines) is 1. The summed E-state index contributed by atoms with van der Waals surface area (Å²) in [6.45, 7) is 4.41. The van der Waals surface area contributed by atoms with Gasteiger partial charge in [0.25, 0.3) is 0 Å². The highest BCUT2D eigenvalue weighted by Gasteiger charge is 2.49. The number of hydrogen-bond donors (Lipinski definition) is 3. The van der Waals surface area contributed by atoms with E-state index in [1.54, 1.807) is 7.11 Å². The minimum absolute atomic E-state index is 0.141. The zero-order valence-corrected chi connectivity index (χ0v) is 21.6. The second kappa shape index (κ2) is 10.3. The van der Waals surface area contributed by atoms with Crippen molar-refractivity contribution in [1.29, 1.82) is 0 Å². The zero-order valence-electron chi connectivity index (χ0n) is 21.6. The van der Waals surface area contributed by atoms with Gasteiger partial charge >= 0.3 is 6.03 Å². The number of rotatable bonds is 5. The van der Waals surface area contributed by atoms with Crippen LogP contribution in [-0.4, -0.2) is 71.7 Å². The van der Waals surface area contributed by atoms with Crippen LogP contribution in [0, 0.1) is 5.92 Å². The predicted octanol–water partition coefficient (Wildman–Crippen LogP) is 4.09. The summed E-state index contributed by atoms with van der Waals surface area (Å²) >= 11 is 0. The number of hydrogen-bond acceptors (Lipinski definition) is 4. The Labute approximate surface area is 213 Å². The molecule has 1 saturated heterocycles. The number of fused-ring (bicyclic) bond motifs is 4. The number of aromatic amines is 1. The Balaban J connectivity index is 1.50. The highest BCUT2D eigenvalue weighted by Crippen LogP contribution is 2.49. The van der Waals surface area contributed by atoms with Crippen molar-refractivity contribution in [1.82, 2.24) is 20.1 Å². The maximum absolute atomic E-state index is 13.3. The van der Waals surface area contributed by atoms with Crippen LogP contribution in [0.3, 0.4) is 0 Å². The summed E-state index contributed by atoms with van der Waals surface area (Å²) in [7, 11) is 1.65. The number of piperidine rings is 1. The maximum atomic E-state index is 13.3. The number of amides is 3. The summed E-state index contributed by atoms with van der Waals surface area (Å²) in [5.41, 5.74) is 2.78. The van der Waals surface area contributed by atoms with Crippen molar-refractivity contribution in [3.63, 3.8) is 0 Å². The van der Waals surface area contributed by atoms with Crippen molar-refractivity contribution < 1.29 is 19.4 Å². The highest BCUT2D eigenvalue weighted by atomic mass is 16.5. The second-order valence-electron chi connectivity index (χ2n) is 10.8. The molecule has 8 heteroatoms. The van der Waals surface area contributed by atoms with Gasteiger partial charge in [-0.15, -0.1) is 0 Å². The third-order valence-corrected chi connectivity index (χ3v) is 8.69. The molecule has 196 valence electrons. The summed E-state index contributed by atoms with van der Waals surface area (Å²) in [5, 5.41) is 14.6. The van der Waals surface area contributed by atoms with Crippen LogP contribution in [0.15, 0.2) is 18.2 Å². The lowest BCUT2D eigenvalue weighted by molar-refractivity contribution is -0.138. The van der Waals surface area contributed by atoms with Gasteiger partial charge in [-0.1, -0.05) is 26.2 Å². The third-order valence-electron chi connectivity index (χ3n) is 8.69. The Morgan fingerprint density at radius 2 is 1.94 bits per heavy atom. The molecule has 1 spiro atoms. The zero-order chi connectivity index (χ0) is 25.3. The van der Waals surface area contributed by atoms with E-state index < -0.39 is 6.04 Å². The molecule has 3 heterocycles. The molecule has 1 saturated carbocycles. The average Bonchev–Trinajstić information content (AvgIpc) is 3.31. The highest BCUT2D eigenvalue weighted by molar-refractivity contribution is 5.89. The monoisotopic (exact) mass is 496 g/mol. The molecule has 3 amide bonds. The molecular formula is C28H40N4O4. The van der Waals surface area contributed by atoms with E-state index in [9.17, 15) is 14.7 Å². The molecule has 2 fully saturated rings. The standard InChI is InChI=1S/C28H40N4O4/c1-3-13-29-27(35)32-18-28(11-14-31(15-12-28)26(34)19-7-5-4-6-8-19)24-21-10-9-20(36-2)16-22(21)30-25(24)23(32)17-33/h9-10,16,19,23,30,33H,3-8,11-15,17-18H2,1-2H3,(H,29,35)/t23-/m0/s1. The van der Waals surface area contributed by atoms with Crippen LogP contribution in [0.1, 0.15) is 75.6 Å². The third kappa shape index (κ3) is 4.33. The fraction of sp³-hybridized carbons (Fsp3) is 0.643. The molecule has 1 aliphatic carbocycles. The molecule has 3 aliphatic rings. The number of urea groups is 1. The van der Waals surface area contributed by atoms with E-state index in [-0.39, 0.29) is 24.0 Å². The van der Waals surface area contributed by atoms with Crippen molar-refractivity contribution in [2.24, 2.45) is 5.92 Å². The first kappa shape index (κ1) is 24.9. The van der Waals surface area contributed by atoms with Gasteiger partial charge in [0.1, 0.15) is 5.75 Å². The fourth-order valence-corrected chi connectivity index (χ4v) is 6.72. The van der Waals surface area contributed by atoms with Crippen LogP contribution in [0.25, 0.3) is 10.9 Å². The van der Waals surface area contributed by atoms with E-state index in [4.69, 9.17) is 4.74 Å². The van der Waals surface area contributed by atoms with Crippen LogP contribution in [0.2, 0.25) is 0 Å². The van der Waals surface area contributed by atoms with Gasteiger partial charge in [-0.05, 0) is 49.8 Å². The second-order valence-corrected chi connectivity index (χ2v) is 10.8. The number of carbonyl (C=O) groups is 2. The molecule has 8 nitrogen and oxygen atoms in total. The van der Waals surface area contributed by atoms with Gasteiger partial charge in [-0.25, -0.2) is 4.79 Å². The number of benzene rings is 1. The van der Waals surface area contributed by atoms with E-state index >= 15 is 0 Å². The smallest absolute Gasteiger partial charge is 0.318 e. The summed E-state index contributed by atoms with van der Waals surface area (Å²) < 4.78 is 5.46. The predicted molar refractivity (Wildman–Crippen MR) is 139 cm³/mol. The summed E-state index contributed by atoms with van der Waals surface area (Å²) in [5.74, 6) is 1.25. The van der Waals surface area contributed by atoms with Gasteiger partial charge in [0.05, 0.1) is 19.8 Å². The Morgan fingerprint density at radius 1 is 1.19 bits per heavy atom. The number of aromatic nitrogens is 1. The molecule has 0 radical (unpaired) electrons. The average molecular weight is 497 g/mol. The maximum Gasteiger partial charge on any atom is 0.318 e. The molecule has 5 rings (SSSR count).